The molecule has 2 rings (SSSR count). The minimum Gasteiger partial charge on any atom is -0.497 e. The van der Waals surface area contributed by atoms with E-state index in [1.54, 1.807) is 24.9 Å². The van der Waals surface area contributed by atoms with Gasteiger partial charge >= 0.3 is 0 Å². The molecule has 0 radical (unpaired) electrons. The molecule has 0 fully saturated rings. The van der Waals surface area contributed by atoms with E-state index in [0.29, 0.717) is 5.69 Å². The quantitative estimate of drug-likeness (QED) is 0.667. The average molecular weight is 277 g/mol. The standard InChI is InChI=1S/C15H16FNOS/c1-18-14-4-2-11(3-5-14)6-7-19-15-9-12(16)8-13(17)10-15/h2-5,8-10H,6-7,17H2,1H3. The molecule has 0 amide bonds. The fraction of sp³-hybridized carbons (Fsp3) is 0.200. The summed E-state index contributed by atoms with van der Waals surface area (Å²) >= 11 is 1.60. The average Bonchev–Trinajstić information content (AvgIpc) is 2.38. The summed E-state index contributed by atoms with van der Waals surface area (Å²) in [6.45, 7) is 0. The molecule has 0 heterocycles. The van der Waals surface area contributed by atoms with E-state index >= 15 is 0 Å². The van der Waals surface area contributed by atoms with Crippen LogP contribution in [0.3, 0.4) is 0 Å². The van der Waals surface area contributed by atoms with Gasteiger partial charge in [-0.2, -0.15) is 0 Å². The zero-order chi connectivity index (χ0) is 13.7. The third-order valence-corrected chi connectivity index (χ3v) is 3.69. The SMILES string of the molecule is COc1ccc(CCSc2cc(N)cc(F)c2)cc1. The highest BCUT2D eigenvalue weighted by atomic mass is 32.2. The molecule has 0 atom stereocenters. The Morgan fingerprint density at radius 2 is 1.89 bits per heavy atom. The lowest BCUT2D eigenvalue weighted by Gasteiger charge is -2.05. The van der Waals surface area contributed by atoms with Crippen LogP contribution < -0.4 is 10.5 Å². The Bertz CT molecular complexity index is 522. The second-order valence-electron chi connectivity index (χ2n) is 4.17. The summed E-state index contributed by atoms with van der Waals surface area (Å²) < 4.78 is 18.3. The Kier molecular flexibility index (Phi) is 4.68. The molecule has 2 nitrogen and oxygen atoms in total. The van der Waals surface area contributed by atoms with Crippen LogP contribution in [0.5, 0.6) is 5.75 Å². The van der Waals surface area contributed by atoms with Crippen molar-refractivity contribution in [2.24, 2.45) is 0 Å². The zero-order valence-corrected chi connectivity index (χ0v) is 11.5. The lowest BCUT2D eigenvalue weighted by Crippen LogP contribution is -1.91. The third kappa shape index (κ3) is 4.17. The minimum absolute atomic E-state index is 0.285. The molecule has 0 spiro atoms. The molecule has 2 aromatic rings. The number of ether oxygens (including phenoxy) is 1. The zero-order valence-electron chi connectivity index (χ0n) is 10.7. The van der Waals surface area contributed by atoms with Gasteiger partial charge in [0.25, 0.3) is 0 Å². The lowest BCUT2D eigenvalue weighted by atomic mass is 10.2. The molecule has 0 aliphatic carbocycles. The highest BCUT2D eigenvalue weighted by Crippen LogP contribution is 2.23. The Morgan fingerprint density at radius 3 is 2.53 bits per heavy atom. The van der Waals surface area contributed by atoms with Crippen LogP contribution >= 0.6 is 11.8 Å². The van der Waals surface area contributed by atoms with Crippen LogP contribution in [0, 0.1) is 5.82 Å². The van der Waals surface area contributed by atoms with Gasteiger partial charge in [-0.15, -0.1) is 11.8 Å². The molecular formula is C15H16FNOS. The summed E-state index contributed by atoms with van der Waals surface area (Å²) in [7, 11) is 1.65. The number of anilines is 1. The van der Waals surface area contributed by atoms with Crippen molar-refractivity contribution >= 4 is 17.4 Å². The van der Waals surface area contributed by atoms with Crippen molar-refractivity contribution < 1.29 is 9.13 Å². The number of aryl methyl sites for hydroxylation is 1. The van der Waals surface area contributed by atoms with Crippen LogP contribution in [0.4, 0.5) is 10.1 Å². The lowest BCUT2D eigenvalue weighted by molar-refractivity contribution is 0.414. The van der Waals surface area contributed by atoms with Crippen molar-refractivity contribution in [1.29, 1.82) is 0 Å². The van der Waals surface area contributed by atoms with E-state index in [4.69, 9.17) is 10.5 Å². The molecule has 19 heavy (non-hydrogen) atoms. The molecule has 0 saturated heterocycles. The smallest absolute Gasteiger partial charge is 0.126 e. The predicted octanol–water partition coefficient (Wildman–Crippen LogP) is 3.75. The summed E-state index contributed by atoms with van der Waals surface area (Å²) in [6, 6.07) is 12.6. The second kappa shape index (κ2) is 6.48. The van der Waals surface area contributed by atoms with Crippen molar-refractivity contribution in [2.75, 3.05) is 18.6 Å². The number of thioether (sulfide) groups is 1. The summed E-state index contributed by atoms with van der Waals surface area (Å²) in [5.41, 5.74) is 7.31. The fourth-order valence-corrected chi connectivity index (χ4v) is 2.74. The van der Waals surface area contributed by atoms with E-state index < -0.39 is 0 Å². The van der Waals surface area contributed by atoms with E-state index in [0.717, 1.165) is 22.8 Å². The number of methoxy groups -OCH3 is 1. The second-order valence-corrected chi connectivity index (χ2v) is 5.34. The van der Waals surface area contributed by atoms with Crippen molar-refractivity contribution in [1.82, 2.24) is 0 Å². The van der Waals surface area contributed by atoms with Crippen molar-refractivity contribution in [2.45, 2.75) is 11.3 Å². The van der Waals surface area contributed by atoms with Gasteiger partial charge in [0.15, 0.2) is 0 Å². The summed E-state index contributed by atoms with van der Waals surface area (Å²) in [6.07, 6.45) is 0.922. The first kappa shape index (κ1) is 13.7. The first-order valence-corrected chi connectivity index (χ1v) is 6.98. The maximum Gasteiger partial charge on any atom is 0.126 e. The number of benzene rings is 2. The Labute approximate surface area is 116 Å². The van der Waals surface area contributed by atoms with Crippen molar-refractivity contribution in [3.05, 3.63) is 53.8 Å². The number of nitrogen functional groups attached to an aromatic ring is 1. The largest absolute Gasteiger partial charge is 0.497 e. The van der Waals surface area contributed by atoms with Crippen LogP contribution in [0.25, 0.3) is 0 Å². The highest BCUT2D eigenvalue weighted by Gasteiger charge is 2.00. The molecular weight excluding hydrogens is 261 g/mol. The van der Waals surface area contributed by atoms with E-state index in [1.165, 1.54) is 17.7 Å². The number of nitrogens with two attached hydrogens (primary N) is 1. The van der Waals surface area contributed by atoms with Gasteiger partial charge in [0.05, 0.1) is 7.11 Å². The van der Waals surface area contributed by atoms with Gasteiger partial charge in [-0.25, -0.2) is 4.39 Å². The molecule has 0 bridgehead atoms. The Hall–Kier alpha value is -1.68. The van der Waals surface area contributed by atoms with E-state index in [-0.39, 0.29) is 5.82 Å². The molecule has 100 valence electrons. The molecule has 0 aliphatic rings. The van der Waals surface area contributed by atoms with Crippen molar-refractivity contribution in [3.8, 4) is 5.75 Å². The van der Waals surface area contributed by atoms with Gasteiger partial charge < -0.3 is 10.5 Å². The van der Waals surface area contributed by atoms with E-state index in [2.05, 4.69) is 0 Å². The van der Waals surface area contributed by atoms with Crippen LogP contribution in [0.2, 0.25) is 0 Å². The number of hydrogen-bond donors (Lipinski definition) is 1. The van der Waals surface area contributed by atoms with Gasteiger partial charge in [-0.1, -0.05) is 12.1 Å². The molecule has 0 aliphatic heterocycles. The first-order valence-electron chi connectivity index (χ1n) is 5.99. The molecule has 0 saturated carbocycles. The molecule has 0 unspecified atom stereocenters. The normalized spacial score (nSPS) is 10.4. The first-order chi connectivity index (χ1) is 9.17. The maximum atomic E-state index is 13.2. The number of hydrogen-bond acceptors (Lipinski definition) is 3. The molecule has 2 aromatic carbocycles. The van der Waals surface area contributed by atoms with E-state index in [1.807, 2.05) is 24.3 Å². The maximum absolute atomic E-state index is 13.2. The number of rotatable bonds is 5. The predicted molar refractivity (Wildman–Crippen MR) is 78.2 cm³/mol. The van der Waals surface area contributed by atoms with Gasteiger partial charge in [0, 0.05) is 16.3 Å². The Morgan fingerprint density at radius 1 is 1.16 bits per heavy atom. The van der Waals surface area contributed by atoms with E-state index in [9.17, 15) is 4.39 Å². The van der Waals surface area contributed by atoms with Crippen LogP contribution in [0.15, 0.2) is 47.4 Å². The summed E-state index contributed by atoms with van der Waals surface area (Å²) in [5, 5.41) is 0. The van der Waals surface area contributed by atoms with Gasteiger partial charge in [0.1, 0.15) is 11.6 Å². The molecule has 2 N–H and O–H groups in total. The van der Waals surface area contributed by atoms with Gasteiger partial charge in [-0.3, -0.25) is 0 Å². The minimum atomic E-state index is -0.285. The fourth-order valence-electron chi connectivity index (χ4n) is 1.75. The number of halogens is 1. The Balaban J connectivity index is 1.88. The van der Waals surface area contributed by atoms with Gasteiger partial charge in [0.2, 0.25) is 0 Å². The molecule has 4 heteroatoms. The summed E-state index contributed by atoms with van der Waals surface area (Å²) in [5.74, 6) is 1.45. The molecule has 0 aromatic heterocycles. The highest BCUT2D eigenvalue weighted by molar-refractivity contribution is 7.99. The van der Waals surface area contributed by atoms with Crippen LogP contribution in [-0.4, -0.2) is 12.9 Å². The van der Waals surface area contributed by atoms with Crippen LogP contribution in [0.1, 0.15) is 5.56 Å². The van der Waals surface area contributed by atoms with Crippen molar-refractivity contribution in [3.63, 3.8) is 0 Å². The summed E-state index contributed by atoms with van der Waals surface area (Å²) in [4.78, 5) is 0.867. The third-order valence-electron chi connectivity index (χ3n) is 2.71. The monoisotopic (exact) mass is 277 g/mol. The van der Waals surface area contributed by atoms with Gasteiger partial charge in [-0.05, 0) is 42.3 Å². The topological polar surface area (TPSA) is 35.2 Å². The van der Waals surface area contributed by atoms with Crippen LogP contribution in [-0.2, 0) is 6.42 Å².